The van der Waals surface area contributed by atoms with Gasteiger partial charge >= 0.3 is 0 Å². The summed E-state index contributed by atoms with van der Waals surface area (Å²) in [5.74, 6) is -0.371. The van der Waals surface area contributed by atoms with Crippen molar-refractivity contribution in [3.05, 3.63) is 33.9 Å². The minimum Gasteiger partial charge on any atom is -0.398 e. The lowest BCUT2D eigenvalue weighted by Gasteiger charge is -2.32. The summed E-state index contributed by atoms with van der Waals surface area (Å²) >= 11 is 0. The van der Waals surface area contributed by atoms with Crippen molar-refractivity contribution in [3.8, 4) is 0 Å². The van der Waals surface area contributed by atoms with Gasteiger partial charge in [-0.15, -0.1) is 0 Å². The number of nitrogen functional groups attached to an aromatic ring is 1. The van der Waals surface area contributed by atoms with Crippen molar-refractivity contribution < 1.29 is 9.72 Å². The molecular weight excluding hydrogens is 298 g/mol. The predicted molar refractivity (Wildman–Crippen MR) is 88.4 cm³/mol. The third kappa shape index (κ3) is 4.90. The number of benzene rings is 1. The van der Waals surface area contributed by atoms with Crippen molar-refractivity contribution in [2.24, 2.45) is 0 Å². The van der Waals surface area contributed by atoms with Gasteiger partial charge in [-0.1, -0.05) is 0 Å². The average Bonchev–Trinajstić information content (AvgIpc) is 2.53. The van der Waals surface area contributed by atoms with Crippen LogP contribution in [-0.2, 0) is 0 Å². The van der Waals surface area contributed by atoms with Crippen molar-refractivity contribution in [2.45, 2.75) is 6.42 Å². The Hall–Kier alpha value is -2.19. The molecule has 1 aliphatic heterocycles. The van der Waals surface area contributed by atoms with Gasteiger partial charge in [0.25, 0.3) is 11.6 Å². The van der Waals surface area contributed by atoms with Gasteiger partial charge in [0.15, 0.2) is 0 Å². The molecule has 1 saturated heterocycles. The zero-order chi connectivity index (χ0) is 16.8. The number of hydrogen-bond donors (Lipinski definition) is 2. The summed E-state index contributed by atoms with van der Waals surface area (Å²) in [7, 11) is 2.11. The minimum absolute atomic E-state index is 0.137. The Kier molecular flexibility index (Phi) is 5.89. The minimum atomic E-state index is -0.538. The summed E-state index contributed by atoms with van der Waals surface area (Å²) in [4.78, 5) is 27.0. The molecule has 0 saturated carbocycles. The number of anilines is 1. The predicted octanol–water partition coefficient (Wildman–Crippen LogP) is 0.544. The molecule has 1 aromatic rings. The molecule has 1 heterocycles. The van der Waals surface area contributed by atoms with Crippen molar-refractivity contribution in [1.82, 2.24) is 15.1 Å². The van der Waals surface area contributed by atoms with E-state index < -0.39 is 4.92 Å². The van der Waals surface area contributed by atoms with E-state index in [0.717, 1.165) is 39.1 Å². The molecule has 0 radical (unpaired) electrons. The summed E-state index contributed by atoms with van der Waals surface area (Å²) in [5.41, 5.74) is 5.99. The molecule has 0 aromatic heterocycles. The summed E-state index contributed by atoms with van der Waals surface area (Å²) in [6, 6.07) is 3.89. The number of nitrogens with two attached hydrogens (primary N) is 1. The summed E-state index contributed by atoms with van der Waals surface area (Å²) in [6.45, 7) is 5.67. The van der Waals surface area contributed by atoms with Gasteiger partial charge in [-0.3, -0.25) is 14.9 Å². The van der Waals surface area contributed by atoms with Gasteiger partial charge in [-0.05, 0) is 26.1 Å². The number of nitro benzene ring substituents is 1. The van der Waals surface area contributed by atoms with Gasteiger partial charge in [0.1, 0.15) is 0 Å². The topological polar surface area (TPSA) is 105 Å². The average molecular weight is 321 g/mol. The molecule has 0 atom stereocenters. The van der Waals surface area contributed by atoms with Crippen LogP contribution in [0.5, 0.6) is 0 Å². The number of nitrogens with one attached hydrogen (secondary N) is 1. The number of hydrogen-bond acceptors (Lipinski definition) is 6. The number of piperazine rings is 1. The Labute approximate surface area is 135 Å². The molecule has 126 valence electrons. The smallest absolute Gasteiger partial charge is 0.270 e. The van der Waals surface area contributed by atoms with Crippen LogP contribution in [0.1, 0.15) is 16.8 Å². The number of nitro groups is 1. The van der Waals surface area contributed by atoms with Gasteiger partial charge in [0, 0.05) is 50.5 Å². The number of non-ortho nitro benzene ring substituents is 1. The molecule has 1 fully saturated rings. The molecule has 0 bridgehead atoms. The maximum absolute atomic E-state index is 12.1. The van der Waals surface area contributed by atoms with E-state index in [1.165, 1.54) is 18.2 Å². The van der Waals surface area contributed by atoms with Gasteiger partial charge in [-0.25, -0.2) is 0 Å². The normalized spacial score (nSPS) is 16.2. The lowest BCUT2D eigenvalue weighted by Crippen LogP contribution is -2.45. The Morgan fingerprint density at radius 1 is 1.35 bits per heavy atom. The molecule has 23 heavy (non-hydrogen) atoms. The van der Waals surface area contributed by atoms with Crippen LogP contribution in [0, 0.1) is 10.1 Å². The molecule has 1 aliphatic rings. The maximum atomic E-state index is 12.1. The van der Waals surface area contributed by atoms with Crippen LogP contribution < -0.4 is 11.1 Å². The molecule has 1 amide bonds. The first-order valence-electron chi connectivity index (χ1n) is 7.70. The number of rotatable bonds is 6. The highest BCUT2D eigenvalue weighted by Crippen LogP contribution is 2.19. The Bertz CT molecular complexity index is 570. The summed E-state index contributed by atoms with van der Waals surface area (Å²) in [5, 5.41) is 13.5. The van der Waals surface area contributed by atoms with Crippen LogP contribution in [0.25, 0.3) is 0 Å². The zero-order valence-corrected chi connectivity index (χ0v) is 13.3. The van der Waals surface area contributed by atoms with Crippen molar-refractivity contribution in [2.75, 3.05) is 52.0 Å². The second-order valence-corrected chi connectivity index (χ2v) is 5.78. The van der Waals surface area contributed by atoms with Crippen LogP contribution in [0.15, 0.2) is 18.2 Å². The van der Waals surface area contributed by atoms with E-state index >= 15 is 0 Å². The molecule has 0 spiro atoms. The van der Waals surface area contributed by atoms with Crippen LogP contribution in [-0.4, -0.2) is 66.9 Å². The van der Waals surface area contributed by atoms with Crippen LogP contribution in [0.4, 0.5) is 11.4 Å². The fourth-order valence-corrected chi connectivity index (χ4v) is 2.53. The second kappa shape index (κ2) is 7.89. The van der Waals surface area contributed by atoms with Crippen molar-refractivity contribution in [3.63, 3.8) is 0 Å². The fraction of sp³-hybridized carbons (Fsp3) is 0.533. The van der Waals surface area contributed by atoms with E-state index in [-0.39, 0.29) is 22.8 Å². The summed E-state index contributed by atoms with van der Waals surface area (Å²) < 4.78 is 0. The monoisotopic (exact) mass is 321 g/mol. The van der Waals surface area contributed by atoms with Crippen molar-refractivity contribution in [1.29, 1.82) is 0 Å². The number of carbonyl (C=O) groups is 1. The Morgan fingerprint density at radius 2 is 2.04 bits per heavy atom. The first-order chi connectivity index (χ1) is 11.0. The third-order valence-electron chi connectivity index (χ3n) is 4.02. The molecule has 0 aliphatic carbocycles. The number of nitrogens with zero attached hydrogens (tertiary/aromatic N) is 3. The molecule has 1 aromatic carbocycles. The zero-order valence-electron chi connectivity index (χ0n) is 13.3. The fourth-order valence-electron chi connectivity index (χ4n) is 2.53. The molecule has 3 N–H and O–H groups in total. The van der Waals surface area contributed by atoms with E-state index in [1.54, 1.807) is 0 Å². The highest BCUT2D eigenvalue weighted by molar-refractivity contribution is 5.99. The van der Waals surface area contributed by atoms with Gasteiger partial charge in [0.2, 0.25) is 0 Å². The molecule has 0 unspecified atom stereocenters. The maximum Gasteiger partial charge on any atom is 0.270 e. The number of carbonyl (C=O) groups excluding carboxylic acids is 1. The first kappa shape index (κ1) is 17.2. The highest BCUT2D eigenvalue weighted by Gasteiger charge is 2.16. The molecule has 8 nitrogen and oxygen atoms in total. The quantitative estimate of drug-likeness (QED) is 0.343. The second-order valence-electron chi connectivity index (χ2n) is 5.78. The largest absolute Gasteiger partial charge is 0.398 e. The van der Waals surface area contributed by atoms with Gasteiger partial charge in [-0.2, -0.15) is 0 Å². The highest BCUT2D eigenvalue weighted by atomic mass is 16.6. The van der Waals surface area contributed by atoms with Crippen LogP contribution >= 0.6 is 0 Å². The van der Waals surface area contributed by atoms with E-state index in [4.69, 9.17) is 5.73 Å². The molecule has 2 rings (SSSR count). The van der Waals surface area contributed by atoms with Gasteiger partial charge < -0.3 is 20.9 Å². The molecular formula is C15H23N5O3. The summed E-state index contributed by atoms with van der Waals surface area (Å²) in [6.07, 6.45) is 0.838. The van der Waals surface area contributed by atoms with E-state index in [0.29, 0.717) is 6.54 Å². The number of amides is 1. The molecule has 8 heteroatoms. The first-order valence-corrected chi connectivity index (χ1v) is 7.70. The number of likely N-dealkylation sites (N-methyl/N-ethyl adjacent to an activating group) is 1. The van der Waals surface area contributed by atoms with E-state index in [2.05, 4.69) is 22.2 Å². The third-order valence-corrected chi connectivity index (χ3v) is 4.02. The lowest BCUT2D eigenvalue weighted by molar-refractivity contribution is -0.384. The Balaban J connectivity index is 1.78. The standard InChI is InChI=1S/C15H23N5O3/c1-18-7-9-19(10-8-18)6-2-5-17-15(21)13-11-12(20(22)23)3-4-14(13)16/h3-4,11H,2,5-10,16H2,1H3,(H,17,21). The van der Waals surface area contributed by atoms with Crippen LogP contribution in [0.3, 0.4) is 0 Å². The van der Waals surface area contributed by atoms with Crippen molar-refractivity contribution >= 4 is 17.3 Å². The SMILES string of the molecule is CN1CCN(CCCNC(=O)c2cc([N+](=O)[O-])ccc2N)CC1. The van der Waals surface area contributed by atoms with Crippen LogP contribution in [0.2, 0.25) is 0 Å². The van der Waals surface area contributed by atoms with E-state index in [1.807, 2.05) is 0 Å². The Morgan fingerprint density at radius 3 is 2.70 bits per heavy atom. The van der Waals surface area contributed by atoms with E-state index in [9.17, 15) is 14.9 Å². The van der Waals surface area contributed by atoms with Gasteiger partial charge in [0.05, 0.1) is 10.5 Å². The lowest BCUT2D eigenvalue weighted by atomic mass is 10.1.